The highest BCUT2D eigenvalue weighted by molar-refractivity contribution is 6.00. The molecule has 3 aromatic rings. The van der Waals surface area contributed by atoms with Crippen LogP contribution < -0.4 is 10.6 Å². The summed E-state index contributed by atoms with van der Waals surface area (Å²) >= 11 is 0. The van der Waals surface area contributed by atoms with Gasteiger partial charge in [0.05, 0.1) is 11.2 Å². The van der Waals surface area contributed by atoms with Gasteiger partial charge in [-0.25, -0.2) is 9.59 Å². The Labute approximate surface area is 188 Å². The van der Waals surface area contributed by atoms with Gasteiger partial charge in [0.25, 0.3) is 0 Å². The molecule has 0 aliphatic carbocycles. The summed E-state index contributed by atoms with van der Waals surface area (Å²) in [6.45, 7) is 11.3. The van der Waals surface area contributed by atoms with Crippen molar-refractivity contribution in [2.24, 2.45) is 0 Å². The summed E-state index contributed by atoms with van der Waals surface area (Å²) in [7, 11) is 0. The van der Waals surface area contributed by atoms with Crippen LogP contribution in [-0.2, 0) is 16.0 Å². The predicted octanol–water partition coefficient (Wildman–Crippen LogP) is 6.21. The van der Waals surface area contributed by atoms with E-state index in [9.17, 15) is 9.59 Å². The van der Waals surface area contributed by atoms with Crippen molar-refractivity contribution in [1.82, 2.24) is 10.3 Å². The van der Waals surface area contributed by atoms with Crippen molar-refractivity contribution in [2.45, 2.75) is 59.3 Å². The van der Waals surface area contributed by atoms with E-state index in [-0.39, 0.29) is 0 Å². The molecule has 0 aliphatic heterocycles. The summed E-state index contributed by atoms with van der Waals surface area (Å²) in [5.41, 5.74) is 3.04. The van der Waals surface area contributed by atoms with Gasteiger partial charge in [0, 0.05) is 23.2 Å². The van der Waals surface area contributed by atoms with Gasteiger partial charge in [0.1, 0.15) is 11.2 Å². The fraction of sp³-hybridized carbons (Fsp3) is 0.360. The van der Waals surface area contributed by atoms with E-state index in [1.54, 1.807) is 0 Å². The van der Waals surface area contributed by atoms with Gasteiger partial charge in [-0.05, 0) is 59.2 Å². The molecule has 0 atom stereocenters. The quantitative estimate of drug-likeness (QED) is 0.453. The molecule has 0 saturated heterocycles. The van der Waals surface area contributed by atoms with Gasteiger partial charge in [-0.2, -0.15) is 0 Å². The highest BCUT2D eigenvalue weighted by Gasteiger charge is 2.19. The number of alkyl carbamates (subject to hydrolysis) is 1. The van der Waals surface area contributed by atoms with E-state index in [0.717, 1.165) is 27.7 Å². The molecular weight excluding hydrogens is 406 g/mol. The van der Waals surface area contributed by atoms with E-state index < -0.39 is 23.4 Å². The first-order chi connectivity index (χ1) is 14.9. The van der Waals surface area contributed by atoms with E-state index in [2.05, 4.69) is 15.6 Å². The van der Waals surface area contributed by atoms with E-state index in [1.807, 2.05) is 90.1 Å². The number of para-hydroxylation sites is 1. The third-order valence-corrected chi connectivity index (χ3v) is 4.42. The molecular formula is C25H31N3O4. The molecule has 7 heteroatoms. The van der Waals surface area contributed by atoms with Gasteiger partial charge in [0.2, 0.25) is 0 Å². The van der Waals surface area contributed by atoms with E-state index in [4.69, 9.17) is 9.47 Å². The van der Waals surface area contributed by atoms with E-state index >= 15 is 0 Å². The van der Waals surface area contributed by atoms with Crippen LogP contribution in [0.5, 0.6) is 0 Å². The maximum absolute atomic E-state index is 12.3. The van der Waals surface area contributed by atoms with Crippen LogP contribution in [0.25, 0.3) is 22.2 Å². The standard InChI is InChI=1S/C25H31N3O4/c1-24(2,3)31-22(29)26-15-17-10-7-8-12-18(17)20-14-16-11-9-13-19(21(16)27-20)28-23(30)32-25(4,5)6/h7-14,27H,15H2,1-6H3,(H,26,29)(H,28,30). The van der Waals surface area contributed by atoms with Gasteiger partial charge >= 0.3 is 12.2 Å². The Hall–Kier alpha value is -3.48. The van der Waals surface area contributed by atoms with Crippen LogP contribution in [0.2, 0.25) is 0 Å². The number of hydrogen-bond donors (Lipinski definition) is 3. The van der Waals surface area contributed by atoms with Crippen molar-refractivity contribution >= 4 is 28.8 Å². The van der Waals surface area contributed by atoms with E-state index in [0.29, 0.717) is 12.2 Å². The number of carbonyl (C=O) groups excluding carboxylic acids is 2. The van der Waals surface area contributed by atoms with Crippen molar-refractivity contribution < 1.29 is 19.1 Å². The van der Waals surface area contributed by atoms with Crippen LogP contribution >= 0.6 is 0 Å². The molecule has 0 radical (unpaired) electrons. The second-order valence-corrected chi connectivity index (χ2v) is 9.59. The average molecular weight is 438 g/mol. The number of hydrogen-bond acceptors (Lipinski definition) is 4. The minimum Gasteiger partial charge on any atom is -0.444 e. The molecule has 2 aromatic carbocycles. The molecule has 1 heterocycles. The largest absolute Gasteiger partial charge is 0.444 e. The molecule has 0 spiro atoms. The van der Waals surface area contributed by atoms with E-state index in [1.165, 1.54) is 0 Å². The summed E-state index contributed by atoms with van der Waals surface area (Å²) in [6.07, 6.45) is -0.976. The number of rotatable bonds is 4. The molecule has 32 heavy (non-hydrogen) atoms. The van der Waals surface area contributed by atoms with Crippen molar-refractivity contribution in [3.63, 3.8) is 0 Å². The van der Waals surface area contributed by atoms with Crippen molar-refractivity contribution in [3.8, 4) is 11.3 Å². The lowest BCUT2D eigenvalue weighted by Crippen LogP contribution is -2.32. The third kappa shape index (κ3) is 6.26. The molecule has 0 fully saturated rings. The molecule has 0 aliphatic rings. The summed E-state index contributed by atoms with van der Waals surface area (Å²) in [4.78, 5) is 27.7. The number of fused-ring (bicyclic) bond motifs is 1. The Kier molecular flexibility index (Phi) is 6.48. The summed E-state index contributed by atoms with van der Waals surface area (Å²) in [5, 5.41) is 6.57. The predicted molar refractivity (Wildman–Crippen MR) is 127 cm³/mol. The normalized spacial score (nSPS) is 11.8. The zero-order chi connectivity index (χ0) is 23.5. The summed E-state index contributed by atoms with van der Waals surface area (Å²) in [6, 6.07) is 15.5. The van der Waals surface area contributed by atoms with Gasteiger partial charge in [-0.1, -0.05) is 36.4 Å². The van der Waals surface area contributed by atoms with Crippen molar-refractivity contribution in [3.05, 3.63) is 54.1 Å². The number of benzene rings is 2. The molecule has 1 aromatic heterocycles. The Bertz CT molecular complexity index is 1120. The van der Waals surface area contributed by atoms with Crippen LogP contribution in [-0.4, -0.2) is 28.4 Å². The first kappa shape index (κ1) is 23.2. The zero-order valence-corrected chi connectivity index (χ0v) is 19.5. The third-order valence-electron chi connectivity index (χ3n) is 4.42. The van der Waals surface area contributed by atoms with Crippen LogP contribution in [0.15, 0.2) is 48.5 Å². The number of amides is 2. The first-order valence-corrected chi connectivity index (χ1v) is 10.6. The molecule has 0 unspecified atom stereocenters. The second-order valence-electron chi connectivity index (χ2n) is 9.59. The lowest BCUT2D eigenvalue weighted by molar-refractivity contribution is 0.0522. The average Bonchev–Trinajstić information content (AvgIpc) is 3.09. The van der Waals surface area contributed by atoms with Crippen LogP contribution in [0, 0.1) is 0 Å². The number of ether oxygens (including phenoxy) is 2. The SMILES string of the molecule is CC(C)(C)OC(=O)NCc1ccccc1-c1cc2cccc(NC(=O)OC(C)(C)C)c2[nH]1. The number of nitrogens with one attached hydrogen (secondary N) is 3. The minimum absolute atomic E-state index is 0.323. The van der Waals surface area contributed by atoms with Crippen LogP contribution in [0.3, 0.4) is 0 Å². The van der Waals surface area contributed by atoms with Gasteiger partial charge in [-0.3, -0.25) is 5.32 Å². The lowest BCUT2D eigenvalue weighted by Gasteiger charge is -2.20. The highest BCUT2D eigenvalue weighted by Crippen LogP contribution is 2.31. The highest BCUT2D eigenvalue weighted by atomic mass is 16.6. The zero-order valence-electron chi connectivity index (χ0n) is 19.5. The molecule has 170 valence electrons. The Balaban J connectivity index is 1.85. The number of aromatic amines is 1. The molecule has 2 amide bonds. The maximum atomic E-state index is 12.3. The monoisotopic (exact) mass is 437 g/mol. The number of anilines is 1. The maximum Gasteiger partial charge on any atom is 0.412 e. The molecule has 3 rings (SSSR count). The molecule has 0 bridgehead atoms. The Morgan fingerprint density at radius 1 is 0.875 bits per heavy atom. The van der Waals surface area contributed by atoms with Gasteiger partial charge in [0.15, 0.2) is 0 Å². The first-order valence-electron chi connectivity index (χ1n) is 10.6. The van der Waals surface area contributed by atoms with Crippen molar-refractivity contribution in [2.75, 3.05) is 5.32 Å². The molecule has 0 saturated carbocycles. The number of aromatic nitrogens is 1. The summed E-state index contributed by atoms with van der Waals surface area (Å²) < 4.78 is 10.7. The molecule has 7 nitrogen and oxygen atoms in total. The van der Waals surface area contributed by atoms with Crippen LogP contribution in [0.1, 0.15) is 47.1 Å². The van der Waals surface area contributed by atoms with Gasteiger partial charge in [-0.15, -0.1) is 0 Å². The fourth-order valence-corrected chi connectivity index (χ4v) is 3.24. The number of H-pyrrole nitrogens is 1. The summed E-state index contributed by atoms with van der Waals surface area (Å²) in [5.74, 6) is 0. The smallest absolute Gasteiger partial charge is 0.412 e. The molecule has 3 N–H and O–H groups in total. The topological polar surface area (TPSA) is 92.5 Å². The van der Waals surface area contributed by atoms with Crippen molar-refractivity contribution in [1.29, 1.82) is 0 Å². The van der Waals surface area contributed by atoms with Crippen LogP contribution in [0.4, 0.5) is 15.3 Å². The van der Waals surface area contributed by atoms with Gasteiger partial charge < -0.3 is 19.8 Å². The lowest BCUT2D eigenvalue weighted by atomic mass is 10.0. The fourth-order valence-electron chi connectivity index (χ4n) is 3.24. The minimum atomic E-state index is -0.584. The second kappa shape index (κ2) is 8.94. The Morgan fingerprint density at radius 3 is 2.22 bits per heavy atom. The number of carbonyl (C=O) groups is 2. The Morgan fingerprint density at radius 2 is 1.53 bits per heavy atom.